The van der Waals surface area contributed by atoms with E-state index in [4.69, 9.17) is 4.74 Å². The summed E-state index contributed by atoms with van der Waals surface area (Å²) in [6.07, 6.45) is 0.191. The fourth-order valence-electron chi connectivity index (χ4n) is 6.46. The molecule has 2 saturated heterocycles. The molecule has 0 aromatic heterocycles. The largest absolute Gasteiger partial charge is 0.506 e. The minimum absolute atomic E-state index is 0.00601. The molecular weight excluding hydrogens is 641 g/mol. The van der Waals surface area contributed by atoms with Crippen LogP contribution in [0.3, 0.4) is 0 Å². The molecule has 6 amide bonds. The lowest BCUT2D eigenvalue weighted by molar-refractivity contribution is -0.823. The van der Waals surface area contributed by atoms with Gasteiger partial charge in [-0.25, -0.2) is 14.4 Å². The molecule has 2 aliphatic heterocycles. The number of ether oxygens (including phenoxy) is 1. The molecule has 4 N–H and O–H groups in total. The van der Waals surface area contributed by atoms with Crippen LogP contribution >= 0.6 is 8.03 Å². The summed E-state index contributed by atoms with van der Waals surface area (Å²) in [4.78, 5) is 92.1. The number of amides is 6. The van der Waals surface area contributed by atoms with Crippen molar-refractivity contribution in [2.75, 3.05) is 26.3 Å². The van der Waals surface area contributed by atoms with Crippen LogP contribution in [0.1, 0.15) is 71.8 Å². The maximum absolute atomic E-state index is 13.9. The van der Waals surface area contributed by atoms with E-state index in [0.29, 0.717) is 12.8 Å². The van der Waals surface area contributed by atoms with E-state index in [0.717, 1.165) is 5.56 Å². The van der Waals surface area contributed by atoms with E-state index >= 15 is 0 Å². The zero-order valence-corrected chi connectivity index (χ0v) is 29.4. The highest BCUT2D eigenvalue weighted by Crippen LogP contribution is 2.34. The molecule has 2 aliphatic rings. The fraction of sp³-hybridized carbons (Fsp3) is 0.636. The van der Waals surface area contributed by atoms with Gasteiger partial charge in [0.25, 0.3) is 5.91 Å². The molecule has 0 radical (unpaired) electrons. The average Bonchev–Trinajstić information content (AvgIpc) is 3.54. The van der Waals surface area contributed by atoms with Gasteiger partial charge in [0.2, 0.25) is 11.8 Å². The zero-order valence-electron chi connectivity index (χ0n) is 28.5. The van der Waals surface area contributed by atoms with Crippen molar-refractivity contribution in [3.63, 3.8) is 0 Å². The molecule has 264 valence electrons. The number of nitrogens with one attached hydrogen (secondary N) is 3. The predicted molar refractivity (Wildman–Crippen MR) is 175 cm³/mol. The van der Waals surface area contributed by atoms with Crippen LogP contribution in [0.2, 0.25) is 0 Å². The molecule has 0 aliphatic carbocycles. The fourth-order valence-corrected chi connectivity index (χ4v) is 7.24. The van der Waals surface area contributed by atoms with Gasteiger partial charge in [-0.15, -0.1) is 0 Å². The SMILES string of the molecule is CNC(=O)[C@H](CC(C)C)NC(=O)[C@H](C[P+](=O)O)C(C[N+]1(NC(=O)[C@@H]2CCCN2C(=O)OCc2ccccc2)C(=O)CCCC1=O)C(C)C. The lowest BCUT2D eigenvalue weighted by atomic mass is 9.82. The van der Waals surface area contributed by atoms with Crippen molar-refractivity contribution < 1.29 is 47.6 Å². The van der Waals surface area contributed by atoms with Crippen LogP contribution in [0.25, 0.3) is 0 Å². The van der Waals surface area contributed by atoms with E-state index in [2.05, 4.69) is 16.1 Å². The first-order chi connectivity index (χ1) is 22.7. The van der Waals surface area contributed by atoms with E-state index in [9.17, 15) is 38.2 Å². The number of nitrogens with zero attached hydrogens (tertiary/aromatic N) is 2. The summed E-state index contributed by atoms with van der Waals surface area (Å²) in [5.41, 5.74) is 3.45. The standard InChI is InChI=1S/C33H48N5O9P/c1-21(2)17-26(31(42)34-5)35-30(41)25(20-48(45)46)24(22(3)4)18-38(28(39)14-9-15-29(38)40)36-32(43)27-13-10-16-37(27)33(44)47-19-23-11-7-6-8-12-23/h6-8,11-12,21-22,24-27H,9-10,13-20H2,1-5H3,(H2-2,34,35,36,41,42,43,45,46)/p+2/t24?,25-,26+,27+/m1/s1. The van der Waals surface area contributed by atoms with Gasteiger partial charge in [-0.3, -0.25) is 19.3 Å². The predicted octanol–water partition coefficient (Wildman–Crippen LogP) is 2.77. The Morgan fingerprint density at radius 2 is 1.67 bits per heavy atom. The van der Waals surface area contributed by atoms with E-state index in [1.807, 2.05) is 32.0 Å². The van der Waals surface area contributed by atoms with Gasteiger partial charge in [-0.1, -0.05) is 62.6 Å². The van der Waals surface area contributed by atoms with Gasteiger partial charge in [0.1, 0.15) is 25.2 Å². The normalized spacial score (nSPS) is 19.8. The Hall–Kier alpha value is -3.74. The average molecular weight is 692 g/mol. The first kappa shape index (κ1) is 38.7. The zero-order chi connectivity index (χ0) is 35.6. The maximum Gasteiger partial charge on any atom is 0.506 e. The highest BCUT2D eigenvalue weighted by molar-refractivity contribution is 7.38. The Bertz CT molecular complexity index is 1340. The van der Waals surface area contributed by atoms with E-state index in [1.54, 1.807) is 26.0 Å². The monoisotopic (exact) mass is 691 g/mol. The third kappa shape index (κ3) is 9.90. The number of benzene rings is 1. The maximum atomic E-state index is 13.9. The lowest BCUT2D eigenvalue weighted by Gasteiger charge is -2.40. The van der Waals surface area contributed by atoms with E-state index in [1.165, 1.54) is 11.9 Å². The van der Waals surface area contributed by atoms with E-state index in [-0.39, 0.29) is 51.3 Å². The van der Waals surface area contributed by atoms with Crippen LogP contribution in [-0.2, 0) is 39.9 Å². The number of quaternary nitrogens is 1. The number of likely N-dealkylation sites (N-methyl/N-ethyl adjacent to an activating group) is 1. The van der Waals surface area contributed by atoms with Crippen molar-refractivity contribution in [3.05, 3.63) is 35.9 Å². The van der Waals surface area contributed by atoms with Gasteiger partial charge in [-0.2, -0.15) is 10.3 Å². The molecule has 1 aromatic rings. The van der Waals surface area contributed by atoms with Crippen LogP contribution < -0.4 is 16.1 Å². The molecular formula is C33H50N5O9P+2. The van der Waals surface area contributed by atoms with Gasteiger partial charge in [0.15, 0.2) is 6.16 Å². The van der Waals surface area contributed by atoms with Crippen molar-refractivity contribution in [3.8, 4) is 0 Å². The first-order valence-electron chi connectivity index (χ1n) is 16.6. The summed E-state index contributed by atoms with van der Waals surface area (Å²) in [5.74, 6) is -5.32. The highest BCUT2D eigenvalue weighted by Gasteiger charge is 2.54. The van der Waals surface area contributed by atoms with Crippen molar-refractivity contribution in [2.24, 2.45) is 23.7 Å². The third-order valence-corrected chi connectivity index (χ3v) is 9.77. The second-order valence-corrected chi connectivity index (χ2v) is 14.4. The number of piperidine rings is 1. The summed E-state index contributed by atoms with van der Waals surface area (Å²) in [6.45, 7) is 7.21. The Morgan fingerprint density at radius 3 is 2.23 bits per heavy atom. The second-order valence-electron chi connectivity index (χ2n) is 13.4. The summed E-state index contributed by atoms with van der Waals surface area (Å²) < 4.78 is 16.6. The molecule has 14 nitrogen and oxygen atoms in total. The van der Waals surface area contributed by atoms with Gasteiger partial charge >= 0.3 is 25.9 Å². The highest BCUT2D eigenvalue weighted by atomic mass is 31.1. The number of carbonyl (C=O) groups excluding carboxylic acids is 6. The number of rotatable bonds is 15. The van der Waals surface area contributed by atoms with Crippen LogP contribution in [0, 0.1) is 23.7 Å². The number of carbonyl (C=O) groups is 6. The molecule has 2 fully saturated rings. The molecule has 5 atom stereocenters. The summed E-state index contributed by atoms with van der Waals surface area (Å²) in [7, 11) is -1.40. The number of imide groups is 1. The summed E-state index contributed by atoms with van der Waals surface area (Å²) in [5, 5.41) is 5.26. The molecule has 0 saturated carbocycles. The van der Waals surface area contributed by atoms with Gasteiger partial charge < -0.3 is 15.4 Å². The van der Waals surface area contributed by atoms with Crippen LogP contribution in [0.4, 0.5) is 4.79 Å². The van der Waals surface area contributed by atoms with E-state index < -0.39 is 84.2 Å². The van der Waals surface area contributed by atoms with Gasteiger partial charge in [0.05, 0.1) is 18.8 Å². The number of hydrogen-bond donors (Lipinski definition) is 4. The molecule has 0 bridgehead atoms. The molecule has 3 rings (SSSR count). The van der Waals surface area contributed by atoms with Crippen molar-refractivity contribution in [1.29, 1.82) is 0 Å². The molecule has 0 spiro atoms. The smallest absolute Gasteiger partial charge is 0.445 e. The van der Waals surface area contributed by atoms with Gasteiger partial charge in [0, 0.05) is 19.5 Å². The van der Waals surface area contributed by atoms with Crippen LogP contribution in [0.15, 0.2) is 30.3 Å². The quantitative estimate of drug-likeness (QED) is 0.122. The summed E-state index contributed by atoms with van der Waals surface area (Å²) in [6, 6.07) is 7.16. The molecule has 2 unspecified atom stereocenters. The van der Waals surface area contributed by atoms with Crippen molar-refractivity contribution in [1.82, 2.24) is 21.0 Å². The Morgan fingerprint density at radius 1 is 1.02 bits per heavy atom. The molecule has 15 heteroatoms. The van der Waals surface area contributed by atoms with Gasteiger partial charge in [-0.05, 0) is 47.6 Å². The Kier molecular flexibility index (Phi) is 14.2. The second kappa shape index (κ2) is 17.6. The minimum Gasteiger partial charge on any atom is -0.445 e. The van der Waals surface area contributed by atoms with Crippen LogP contribution in [-0.4, -0.2) is 88.4 Å². The summed E-state index contributed by atoms with van der Waals surface area (Å²) >= 11 is 0. The third-order valence-electron chi connectivity index (χ3n) is 9.06. The topological polar surface area (TPSA) is 188 Å². The molecule has 48 heavy (non-hydrogen) atoms. The molecule has 1 aromatic carbocycles. The van der Waals surface area contributed by atoms with Crippen molar-refractivity contribution >= 4 is 43.7 Å². The molecule has 2 heterocycles. The number of likely N-dealkylation sites (tertiary alicyclic amines) is 2. The Labute approximate surface area is 282 Å². The minimum atomic E-state index is -2.84. The lowest BCUT2D eigenvalue weighted by Crippen LogP contribution is -2.72. The Balaban J connectivity index is 1.91. The number of hydrogen-bond acceptors (Lipinski definition) is 8. The van der Waals surface area contributed by atoms with Crippen molar-refractivity contribution in [2.45, 2.75) is 84.9 Å². The van der Waals surface area contributed by atoms with Crippen LogP contribution in [0.5, 0.6) is 0 Å². The first-order valence-corrected chi connectivity index (χ1v) is 18.0.